The van der Waals surface area contributed by atoms with Crippen molar-refractivity contribution in [3.63, 3.8) is 0 Å². The Morgan fingerprint density at radius 2 is 0.452 bits per heavy atom. The van der Waals surface area contributed by atoms with Gasteiger partial charge in [-0.05, 0) is 37.7 Å². The van der Waals surface area contributed by atoms with Crippen molar-refractivity contribution in [3.05, 3.63) is 0 Å². The van der Waals surface area contributed by atoms with E-state index in [1.807, 2.05) is 0 Å². The third-order valence-corrected chi connectivity index (χ3v) is 9.83. The third-order valence-electron chi connectivity index (χ3n) is 6.98. The average Bonchev–Trinajstić information content (AvgIpc) is 2.78. The summed E-state index contributed by atoms with van der Waals surface area (Å²) in [5.41, 5.74) is 0. The highest BCUT2D eigenvalue weighted by Crippen LogP contribution is 2.39. The van der Waals surface area contributed by atoms with Crippen LogP contribution in [0, 0.1) is 0 Å². The summed E-state index contributed by atoms with van der Waals surface area (Å²) < 4.78 is 0. The van der Waals surface area contributed by atoms with Crippen molar-refractivity contribution < 1.29 is 0 Å². The van der Waals surface area contributed by atoms with Gasteiger partial charge in [-0.1, -0.05) is 156 Å². The molecule has 0 aliphatic heterocycles. The second-order valence-corrected chi connectivity index (χ2v) is 12.9. The molecule has 0 bridgehead atoms. The molecular weight excluding hydrogens is 391 g/mol. The van der Waals surface area contributed by atoms with Gasteiger partial charge in [-0.2, -0.15) is 0 Å². The lowest BCUT2D eigenvalue weighted by Crippen LogP contribution is -1.97. The van der Waals surface area contributed by atoms with E-state index >= 15 is 0 Å². The van der Waals surface area contributed by atoms with Crippen LogP contribution in [0.5, 0.6) is 0 Å². The van der Waals surface area contributed by atoms with Crippen molar-refractivity contribution in [2.75, 3.05) is 18.5 Å². The molecule has 0 amide bonds. The van der Waals surface area contributed by atoms with Crippen LogP contribution in [0.25, 0.3) is 0 Å². The van der Waals surface area contributed by atoms with Crippen molar-refractivity contribution in [1.82, 2.24) is 0 Å². The molecule has 0 aromatic heterocycles. The summed E-state index contributed by atoms with van der Waals surface area (Å²) in [7, 11) is 0.363. The molecule has 0 saturated heterocycles. The van der Waals surface area contributed by atoms with Gasteiger partial charge < -0.3 is 0 Å². The highest BCUT2D eigenvalue weighted by Gasteiger charge is 2.07. The van der Waals surface area contributed by atoms with Crippen molar-refractivity contribution >= 4 is 7.92 Å². The molecule has 0 aliphatic rings. The minimum Gasteiger partial charge on any atom is -0.107 e. The van der Waals surface area contributed by atoms with Crippen molar-refractivity contribution in [1.29, 1.82) is 0 Å². The maximum absolute atomic E-state index is 2.34. The molecule has 0 rings (SSSR count). The molecular formula is C30H63P. The zero-order chi connectivity index (χ0) is 22.7. The summed E-state index contributed by atoms with van der Waals surface area (Å²) in [4.78, 5) is 0. The molecule has 0 fully saturated rings. The molecule has 0 radical (unpaired) electrons. The molecule has 0 heterocycles. The van der Waals surface area contributed by atoms with E-state index in [2.05, 4.69) is 20.8 Å². The first-order valence-electron chi connectivity index (χ1n) is 15.1. The maximum atomic E-state index is 2.34. The Morgan fingerprint density at radius 1 is 0.258 bits per heavy atom. The van der Waals surface area contributed by atoms with Crippen LogP contribution >= 0.6 is 7.92 Å². The quantitative estimate of drug-likeness (QED) is 0.0854. The van der Waals surface area contributed by atoms with Gasteiger partial charge in [0.15, 0.2) is 0 Å². The topological polar surface area (TPSA) is 0 Å². The van der Waals surface area contributed by atoms with E-state index in [9.17, 15) is 0 Å². The number of rotatable bonds is 27. The Hall–Kier alpha value is 0.430. The summed E-state index contributed by atoms with van der Waals surface area (Å²) in [6.45, 7) is 6.98. The van der Waals surface area contributed by atoms with Gasteiger partial charge in [0.05, 0.1) is 0 Å². The smallest absolute Gasteiger partial charge is 0.0326 e. The standard InChI is InChI=1S/C30H63P/c1-4-7-10-13-14-15-16-17-18-19-20-21-22-23-24-27-30-31(28-25-11-8-5-2)29-26-12-9-6-3/h4-30H2,1-3H3. The van der Waals surface area contributed by atoms with Gasteiger partial charge in [0.1, 0.15) is 0 Å². The van der Waals surface area contributed by atoms with Crippen LogP contribution in [0.3, 0.4) is 0 Å². The van der Waals surface area contributed by atoms with Gasteiger partial charge in [0.2, 0.25) is 0 Å². The highest BCUT2D eigenvalue weighted by atomic mass is 31.1. The summed E-state index contributed by atoms with van der Waals surface area (Å²) in [6, 6.07) is 0. The molecule has 0 saturated carbocycles. The molecule has 0 nitrogen and oxygen atoms in total. The van der Waals surface area contributed by atoms with E-state index in [0.29, 0.717) is 7.92 Å². The second kappa shape index (κ2) is 28.5. The predicted octanol–water partition coefficient (Wildman–Crippen LogP) is 11.9. The number of hydrogen-bond acceptors (Lipinski definition) is 0. The van der Waals surface area contributed by atoms with Crippen LogP contribution in [-0.2, 0) is 0 Å². The van der Waals surface area contributed by atoms with Gasteiger partial charge in [0.25, 0.3) is 0 Å². The largest absolute Gasteiger partial charge is 0.107 e. The number of unbranched alkanes of at least 4 members (excludes halogenated alkanes) is 21. The highest BCUT2D eigenvalue weighted by molar-refractivity contribution is 7.57. The van der Waals surface area contributed by atoms with Crippen LogP contribution in [0.15, 0.2) is 0 Å². The molecule has 0 spiro atoms. The molecule has 1 heteroatoms. The fourth-order valence-electron chi connectivity index (χ4n) is 4.74. The number of hydrogen-bond donors (Lipinski definition) is 0. The van der Waals surface area contributed by atoms with Crippen molar-refractivity contribution in [2.45, 2.75) is 175 Å². The summed E-state index contributed by atoms with van der Waals surface area (Å²) >= 11 is 0. The first-order valence-corrected chi connectivity index (χ1v) is 17.0. The van der Waals surface area contributed by atoms with Crippen LogP contribution < -0.4 is 0 Å². The minimum absolute atomic E-state index is 0.363. The van der Waals surface area contributed by atoms with Gasteiger partial charge in [-0.15, -0.1) is 7.92 Å². The van der Waals surface area contributed by atoms with Crippen LogP contribution in [0.4, 0.5) is 0 Å². The lowest BCUT2D eigenvalue weighted by Gasteiger charge is -2.18. The van der Waals surface area contributed by atoms with Crippen molar-refractivity contribution in [3.8, 4) is 0 Å². The summed E-state index contributed by atoms with van der Waals surface area (Å²) in [5, 5.41) is 0. The summed E-state index contributed by atoms with van der Waals surface area (Å²) in [6.07, 6.45) is 40.2. The Balaban J connectivity index is 3.45. The monoisotopic (exact) mass is 454 g/mol. The van der Waals surface area contributed by atoms with E-state index in [-0.39, 0.29) is 0 Å². The molecule has 0 aromatic rings. The lowest BCUT2D eigenvalue weighted by molar-refractivity contribution is 0.531. The van der Waals surface area contributed by atoms with E-state index in [1.165, 1.54) is 154 Å². The van der Waals surface area contributed by atoms with Crippen molar-refractivity contribution in [2.24, 2.45) is 0 Å². The summed E-state index contributed by atoms with van der Waals surface area (Å²) in [5.74, 6) is 0. The van der Waals surface area contributed by atoms with E-state index in [4.69, 9.17) is 0 Å². The zero-order valence-corrected chi connectivity index (χ0v) is 23.4. The molecule has 0 aromatic carbocycles. The lowest BCUT2D eigenvalue weighted by atomic mass is 10.0. The molecule has 0 atom stereocenters. The Bertz CT molecular complexity index is 289. The zero-order valence-electron chi connectivity index (χ0n) is 22.5. The van der Waals surface area contributed by atoms with Gasteiger partial charge in [0, 0.05) is 0 Å². The molecule has 188 valence electrons. The minimum atomic E-state index is 0.363. The predicted molar refractivity (Wildman–Crippen MR) is 149 cm³/mol. The van der Waals surface area contributed by atoms with E-state index in [1.54, 1.807) is 18.5 Å². The maximum Gasteiger partial charge on any atom is -0.0326 e. The Morgan fingerprint density at radius 3 is 0.710 bits per heavy atom. The van der Waals surface area contributed by atoms with Gasteiger partial charge in [-0.3, -0.25) is 0 Å². The fourth-order valence-corrected chi connectivity index (χ4v) is 7.43. The van der Waals surface area contributed by atoms with Crippen LogP contribution in [-0.4, -0.2) is 18.5 Å². The third kappa shape index (κ3) is 26.6. The first-order chi connectivity index (χ1) is 15.3. The average molecular weight is 455 g/mol. The fraction of sp³-hybridized carbons (Fsp3) is 1.00. The SMILES string of the molecule is CCCCCCCCCCCCCCCCCCP(CCCCCC)CCCCCC. The molecule has 31 heavy (non-hydrogen) atoms. The molecule has 0 unspecified atom stereocenters. The van der Waals surface area contributed by atoms with Crippen LogP contribution in [0.1, 0.15) is 175 Å². The second-order valence-electron chi connectivity index (χ2n) is 10.3. The van der Waals surface area contributed by atoms with E-state index < -0.39 is 0 Å². The normalized spacial score (nSPS) is 11.6. The van der Waals surface area contributed by atoms with E-state index in [0.717, 1.165) is 0 Å². The Kier molecular flexibility index (Phi) is 28.9. The van der Waals surface area contributed by atoms with Crippen LogP contribution in [0.2, 0.25) is 0 Å². The first kappa shape index (κ1) is 31.4. The molecule has 0 aliphatic carbocycles. The molecule has 0 N–H and O–H groups in total. The van der Waals surface area contributed by atoms with Gasteiger partial charge in [-0.25, -0.2) is 0 Å². The van der Waals surface area contributed by atoms with Gasteiger partial charge >= 0.3 is 0 Å². The Labute approximate surface area is 201 Å².